The number of aromatic nitrogens is 1. The third-order valence-corrected chi connectivity index (χ3v) is 5.59. The molecule has 0 saturated carbocycles. The molecule has 1 atom stereocenters. The summed E-state index contributed by atoms with van der Waals surface area (Å²) in [6.07, 6.45) is 6.73. The van der Waals surface area contributed by atoms with Crippen LogP contribution in [0.1, 0.15) is 22.4 Å². The summed E-state index contributed by atoms with van der Waals surface area (Å²) in [5.74, 6) is -1.31. The van der Waals surface area contributed by atoms with Gasteiger partial charge >= 0.3 is 0 Å². The molecule has 2 aliphatic rings. The molecule has 0 spiro atoms. The van der Waals surface area contributed by atoms with E-state index >= 15 is 0 Å². The lowest BCUT2D eigenvalue weighted by atomic mass is 9.90. The normalized spacial score (nSPS) is 17.6. The third kappa shape index (κ3) is 3.12. The molecule has 1 unspecified atom stereocenters. The van der Waals surface area contributed by atoms with Gasteiger partial charge in [0.15, 0.2) is 0 Å². The zero-order valence-electron chi connectivity index (χ0n) is 14.7. The molecular weight excluding hydrogens is 388 g/mol. The molecule has 1 aliphatic heterocycles. The van der Waals surface area contributed by atoms with Gasteiger partial charge in [-0.25, -0.2) is 22.3 Å². The van der Waals surface area contributed by atoms with Crippen molar-refractivity contribution in [1.29, 1.82) is 0 Å². The molecule has 0 radical (unpaired) electrons. The fourth-order valence-electron chi connectivity index (χ4n) is 3.36. The number of halogens is 2. The van der Waals surface area contributed by atoms with Gasteiger partial charge in [0, 0.05) is 30.0 Å². The van der Waals surface area contributed by atoms with E-state index in [1.54, 1.807) is 19.4 Å². The molecule has 4 rings (SSSR count). The quantitative estimate of drug-likeness (QED) is 0.848. The van der Waals surface area contributed by atoms with Crippen molar-refractivity contribution in [3.05, 3.63) is 76.3 Å². The number of fused-ring (bicyclic) bond motifs is 3. The molecule has 1 aliphatic carbocycles. The third-order valence-electron chi connectivity index (χ3n) is 4.70. The highest BCUT2D eigenvalue weighted by Crippen LogP contribution is 2.37. The first-order chi connectivity index (χ1) is 13.3. The van der Waals surface area contributed by atoms with E-state index in [0.717, 1.165) is 23.3 Å². The van der Waals surface area contributed by atoms with Crippen molar-refractivity contribution < 1.29 is 21.9 Å². The summed E-state index contributed by atoms with van der Waals surface area (Å²) in [7, 11) is -2.66. The largest absolute Gasteiger partial charge is 0.497 e. The number of nitrogens with zero attached hydrogens (tertiary/aromatic N) is 2. The minimum atomic E-state index is -4.21. The fraction of sp³-hybridized carbons (Fsp3) is 0.158. The molecule has 1 aromatic heterocycles. The lowest BCUT2D eigenvalue weighted by molar-refractivity contribution is 0.307. The number of nitrogens with two attached hydrogens (primary N) is 1. The lowest BCUT2D eigenvalue weighted by Crippen LogP contribution is -2.15. The Labute approximate surface area is 160 Å². The van der Waals surface area contributed by atoms with E-state index in [4.69, 9.17) is 9.88 Å². The van der Waals surface area contributed by atoms with Gasteiger partial charge in [-0.15, -0.1) is 0 Å². The molecular formula is C19H15F2N3O3S. The second-order valence-electron chi connectivity index (χ2n) is 6.41. The van der Waals surface area contributed by atoms with Crippen molar-refractivity contribution in [3.63, 3.8) is 0 Å². The van der Waals surface area contributed by atoms with Gasteiger partial charge in [-0.2, -0.15) is 0 Å². The molecule has 9 heteroatoms. The fourth-order valence-corrected chi connectivity index (χ4v) is 3.89. The Balaban J connectivity index is 1.79. The van der Waals surface area contributed by atoms with Gasteiger partial charge in [0.25, 0.3) is 0 Å². The van der Waals surface area contributed by atoms with Crippen LogP contribution < -0.4 is 5.14 Å². The average molecular weight is 403 g/mol. The first-order valence-corrected chi connectivity index (χ1v) is 9.82. The minimum absolute atomic E-state index is 0.0896. The van der Waals surface area contributed by atoms with Gasteiger partial charge in [0.05, 0.1) is 23.7 Å². The smallest absolute Gasteiger partial charge is 0.238 e. The van der Waals surface area contributed by atoms with E-state index in [9.17, 15) is 17.2 Å². The van der Waals surface area contributed by atoms with E-state index in [1.807, 2.05) is 12.2 Å². The maximum Gasteiger partial charge on any atom is 0.238 e. The van der Waals surface area contributed by atoms with Gasteiger partial charge < -0.3 is 4.74 Å². The summed E-state index contributed by atoms with van der Waals surface area (Å²) in [5, 5.41) is 4.96. The van der Waals surface area contributed by atoms with Gasteiger partial charge in [-0.1, -0.05) is 0 Å². The van der Waals surface area contributed by atoms with E-state index < -0.39 is 26.6 Å². The highest BCUT2D eigenvalue weighted by Gasteiger charge is 2.28. The Hall–Kier alpha value is -2.91. The van der Waals surface area contributed by atoms with Crippen LogP contribution in [0.2, 0.25) is 0 Å². The number of hydrogen-bond donors (Lipinski definition) is 1. The van der Waals surface area contributed by atoms with Crippen molar-refractivity contribution in [2.24, 2.45) is 10.1 Å². The SMILES string of the molecule is COC1=CC2N=Cc3nccc(Cc4c(F)cc(S(N)(=O)=O)cc4F)c3C2=C1. The van der Waals surface area contributed by atoms with Crippen molar-refractivity contribution >= 4 is 21.8 Å². The molecule has 2 heterocycles. The number of ether oxygens (including phenoxy) is 1. The van der Waals surface area contributed by atoms with Gasteiger partial charge in [-0.05, 0) is 41.5 Å². The van der Waals surface area contributed by atoms with E-state index in [-0.39, 0.29) is 18.0 Å². The van der Waals surface area contributed by atoms with Crippen molar-refractivity contribution in [2.75, 3.05) is 7.11 Å². The second kappa shape index (κ2) is 6.61. The molecule has 28 heavy (non-hydrogen) atoms. The molecule has 0 bridgehead atoms. The van der Waals surface area contributed by atoms with Gasteiger partial charge in [-0.3, -0.25) is 9.98 Å². The number of sulfonamides is 1. The maximum atomic E-state index is 14.5. The number of aliphatic imine (C=N–C) groups is 1. The molecule has 0 amide bonds. The number of pyridine rings is 1. The number of primary sulfonamides is 1. The molecule has 1 aromatic carbocycles. The minimum Gasteiger partial charge on any atom is -0.497 e. The van der Waals surface area contributed by atoms with Crippen LogP contribution in [0.4, 0.5) is 8.78 Å². The summed E-state index contributed by atoms with van der Waals surface area (Å²) in [6.45, 7) is 0. The van der Waals surface area contributed by atoms with Crippen LogP contribution >= 0.6 is 0 Å². The average Bonchev–Trinajstić information content (AvgIpc) is 3.07. The number of rotatable bonds is 4. The summed E-state index contributed by atoms with van der Waals surface area (Å²) in [6, 6.07) is 2.88. The predicted octanol–water partition coefficient (Wildman–Crippen LogP) is 2.33. The van der Waals surface area contributed by atoms with Gasteiger partial charge in [0.1, 0.15) is 17.4 Å². The summed E-state index contributed by atoms with van der Waals surface area (Å²) >= 11 is 0. The Bertz CT molecular complexity index is 1160. The highest BCUT2D eigenvalue weighted by atomic mass is 32.2. The van der Waals surface area contributed by atoms with Crippen molar-refractivity contribution in [3.8, 4) is 0 Å². The Morgan fingerprint density at radius 3 is 2.61 bits per heavy atom. The van der Waals surface area contributed by atoms with Crippen LogP contribution in [0.25, 0.3) is 5.57 Å². The number of hydrogen-bond acceptors (Lipinski definition) is 5. The molecule has 2 aromatic rings. The molecule has 0 fully saturated rings. The highest BCUT2D eigenvalue weighted by molar-refractivity contribution is 7.89. The zero-order chi connectivity index (χ0) is 20.1. The van der Waals surface area contributed by atoms with Crippen molar-refractivity contribution in [1.82, 2.24) is 4.98 Å². The number of allylic oxidation sites excluding steroid dienone is 1. The van der Waals surface area contributed by atoms with E-state index in [0.29, 0.717) is 17.0 Å². The van der Waals surface area contributed by atoms with E-state index in [1.165, 1.54) is 6.20 Å². The van der Waals surface area contributed by atoms with Crippen molar-refractivity contribution in [2.45, 2.75) is 17.4 Å². The predicted molar refractivity (Wildman–Crippen MR) is 99.2 cm³/mol. The van der Waals surface area contributed by atoms with Crippen LogP contribution in [0.5, 0.6) is 0 Å². The van der Waals surface area contributed by atoms with E-state index in [2.05, 4.69) is 9.98 Å². The first kappa shape index (κ1) is 18.5. The second-order valence-corrected chi connectivity index (χ2v) is 7.97. The zero-order valence-corrected chi connectivity index (χ0v) is 15.5. The lowest BCUT2D eigenvalue weighted by Gasteiger charge is -2.20. The Morgan fingerprint density at radius 2 is 1.96 bits per heavy atom. The standard InChI is InChI=1S/C19H15F2N3O3S/c1-27-11-5-14-17(6-11)24-9-18-19(14)10(2-3-23-18)4-13-15(20)7-12(8-16(13)21)28(22,25)26/h2-3,5-9,17H,4H2,1H3,(H2,22,25,26). The topological polar surface area (TPSA) is 94.6 Å². The monoisotopic (exact) mass is 403 g/mol. The van der Waals surface area contributed by atoms with Crippen LogP contribution in [0.3, 0.4) is 0 Å². The van der Waals surface area contributed by atoms with Crippen LogP contribution in [-0.2, 0) is 21.2 Å². The Kier molecular flexibility index (Phi) is 4.35. The van der Waals surface area contributed by atoms with Gasteiger partial charge in [0.2, 0.25) is 10.0 Å². The Morgan fingerprint density at radius 1 is 1.25 bits per heavy atom. The summed E-state index contributed by atoms with van der Waals surface area (Å²) in [4.78, 5) is 8.09. The molecule has 2 N–H and O–H groups in total. The molecule has 0 saturated heterocycles. The number of benzene rings is 1. The van der Waals surface area contributed by atoms with Crippen LogP contribution in [-0.4, -0.2) is 32.8 Å². The maximum absolute atomic E-state index is 14.5. The molecule has 6 nitrogen and oxygen atoms in total. The summed E-state index contributed by atoms with van der Waals surface area (Å²) < 4.78 is 57.0. The first-order valence-electron chi connectivity index (χ1n) is 8.27. The molecule has 144 valence electrons. The summed E-state index contributed by atoms with van der Waals surface area (Å²) in [5.41, 5.74) is 2.55. The number of methoxy groups -OCH3 is 1. The van der Waals surface area contributed by atoms with Crippen LogP contribution in [0, 0.1) is 11.6 Å². The van der Waals surface area contributed by atoms with Crippen LogP contribution in [0.15, 0.2) is 52.2 Å².